The second-order valence-corrected chi connectivity index (χ2v) is 10.0. The topological polar surface area (TPSA) is 58.6 Å². The van der Waals surface area contributed by atoms with Crippen LogP contribution in [0.3, 0.4) is 0 Å². The lowest BCUT2D eigenvalue weighted by Crippen LogP contribution is -2.33. The monoisotopic (exact) mass is 474 g/mol. The fraction of sp³-hybridized carbons (Fsp3) is 0.379. The molecule has 1 amide bonds. The summed E-state index contributed by atoms with van der Waals surface area (Å²) in [5.41, 5.74) is 5.41. The Kier molecular flexibility index (Phi) is 5.99. The van der Waals surface area contributed by atoms with Gasteiger partial charge in [0.25, 0.3) is 5.91 Å². The number of fused-ring (bicyclic) bond motifs is 2. The van der Waals surface area contributed by atoms with Gasteiger partial charge in [0.05, 0.1) is 30.0 Å². The number of methoxy groups -OCH3 is 1. The maximum Gasteiger partial charge on any atom is 0.337 e. The third kappa shape index (κ3) is 4.26. The van der Waals surface area contributed by atoms with Crippen LogP contribution in [-0.4, -0.2) is 38.2 Å². The molecule has 1 spiro atoms. The molecule has 1 heterocycles. The number of hydrogen-bond donors (Lipinski definition) is 1. The van der Waals surface area contributed by atoms with E-state index >= 15 is 0 Å². The van der Waals surface area contributed by atoms with E-state index in [9.17, 15) is 14.0 Å². The van der Waals surface area contributed by atoms with Gasteiger partial charge in [-0.05, 0) is 54.7 Å². The highest BCUT2D eigenvalue weighted by Crippen LogP contribution is 2.57. The van der Waals surface area contributed by atoms with E-state index in [4.69, 9.17) is 4.74 Å². The first kappa shape index (κ1) is 23.3. The Balaban J connectivity index is 1.39. The fourth-order valence-corrected chi connectivity index (χ4v) is 5.35. The van der Waals surface area contributed by atoms with Gasteiger partial charge in [0.2, 0.25) is 0 Å². The lowest BCUT2D eigenvalue weighted by atomic mass is 9.91. The Morgan fingerprint density at radius 1 is 1.20 bits per heavy atom. The molecule has 1 aliphatic heterocycles. The van der Waals surface area contributed by atoms with Gasteiger partial charge in [-0.15, -0.1) is 0 Å². The van der Waals surface area contributed by atoms with E-state index in [2.05, 4.69) is 16.3 Å². The Morgan fingerprint density at radius 2 is 1.94 bits per heavy atom. The molecule has 1 fully saturated rings. The van der Waals surface area contributed by atoms with Gasteiger partial charge in [-0.1, -0.05) is 49.4 Å². The van der Waals surface area contributed by atoms with E-state index in [1.165, 1.54) is 12.7 Å². The smallest absolute Gasteiger partial charge is 0.337 e. The van der Waals surface area contributed by atoms with Crippen LogP contribution >= 0.6 is 0 Å². The summed E-state index contributed by atoms with van der Waals surface area (Å²) in [6, 6.07) is 12.8. The summed E-state index contributed by atoms with van der Waals surface area (Å²) in [6.45, 7) is 5.34. The largest absolute Gasteiger partial charge is 0.465 e. The summed E-state index contributed by atoms with van der Waals surface area (Å²) >= 11 is 0. The Bertz CT molecular complexity index is 1210. The van der Waals surface area contributed by atoms with Gasteiger partial charge in [0, 0.05) is 24.4 Å². The molecule has 5 nitrogen and oxygen atoms in total. The normalized spacial score (nSPS) is 22.4. The van der Waals surface area contributed by atoms with E-state index in [1.54, 1.807) is 24.3 Å². The van der Waals surface area contributed by atoms with E-state index in [0.717, 1.165) is 36.2 Å². The number of hydrogen-bond acceptors (Lipinski definition) is 4. The molecule has 182 valence electrons. The molecule has 2 aromatic rings. The number of ether oxygens (including phenoxy) is 1. The molecule has 35 heavy (non-hydrogen) atoms. The first-order chi connectivity index (χ1) is 16.8. The zero-order valence-electron chi connectivity index (χ0n) is 20.4. The number of nitrogens with one attached hydrogen (secondary N) is 1. The van der Waals surface area contributed by atoms with Crippen molar-refractivity contribution in [1.29, 1.82) is 0 Å². The molecule has 2 unspecified atom stereocenters. The van der Waals surface area contributed by atoms with Gasteiger partial charge in [0.1, 0.15) is 6.17 Å². The van der Waals surface area contributed by atoms with Crippen LogP contribution in [0.5, 0.6) is 0 Å². The average Bonchev–Trinajstić information content (AvgIpc) is 3.58. The van der Waals surface area contributed by atoms with Crippen LogP contribution < -0.4 is 10.2 Å². The zero-order valence-corrected chi connectivity index (χ0v) is 20.4. The molecule has 0 bridgehead atoms. The molecule has 5 rings (SSSR count). The Morgan fingerprint density at radius 3 is 2.63 bits per heavy atom. The molecule has 0 saturated heterocycles. The van der Waals surface area contributed by atoms with Gasteiger partial charge in [-0.3, -0.25) is 4.79 Å². The number of rotatable bonds is 6. The van der Waals surface area contributed by atoms with Crippen molar-refractivity contribution in [3.8, 4) is 0 Å². The quantitative estimate of drug-likeness (QED) is 0.579. The molecule has 3 atom stereocenters. The molecule has 2 aromatic carbocycles. The van der Waals surface area contributed by atoms with Crippen molar-refractivity contribution < 1.29 is 18.7 Å². The third-order valence-electron chi connectivity index (χ3n) is 7.74. The average molecular weight is 475 g/mol. The summed E-state index contributed by atoms with van der Waals surface area (Å²) in [4.78, 5) is 27.5. The van der Waals surface area contributed by atoms with Gasteiger partial charge >= 0.3 is 5.97 Å². The van der Waals surface area contributed by atoms with Crippen molar-refractivity contribution in [2.75, 3.05) is 25.1 Å². The molecule has 0 radical (unpaired) electrons. The molecule has 1 saturated carbocycles. The van der Waals surface area contributed by atoms with Gasteiger partial charge < -0.3 is 15.0 Å². The van der Waals surface area contributed by atoms with Crippen LogP contribution in [0.1, 0.15) is 64.6 Å². The zero-order chi connectivity index (χ0) is 24.7. The Hall–Kier alpha value is -3.41. The summed E-state index contributed by atoms with van der Waals surface area (Å²) in [5, 5.41) is 3.13. The molecule has 0 aromatic heterocycles. The van der Waals surface area contributed by atoms with Crippen molar-refractivity contribution in [2.24, 2.45) is 5.92 Å². The molecule has 1 N–H and O–H groups in total. The lowest BCUT2D eigenvalue weighted by molar-refractivity contribution is 0.0600. The third-order valence-corrected chi connectivity index (χ3v) is 7.74. The fourth-order valence-electron chi connectivity index (χ4n) is 5.35. The number of amides is 1. The summed E-state index contributed by atoms with van der Waals surface area (Å²) < 4.78 is 19.1. The number of carbonyl (C=O) groups excluding carboxylic acids is 2. The van der Waals surface area contributed by atoms with Crippen LogP contribution in [0.2, 0.25) is 0 Å². The minimum atomic E-state index is -0.975. The number of para-hydroxylation sites is 1. The number of nitrogens with zero attached hydrogens (tertiary/aromatic N) is 1. The van der Waals surface area contributed by atoms with E-state index in [0.29, 0.717) is 17.7 Å². The van der Waals surface area contributed by atoms with Gasteiger partial charge in [0.15, 0.2) is 0 Å². The van der Waals surface area contributed by atoms with Crippen molar-refractivity contribution in [3.63, 3.8) is 0 Å². The van der Waals surface area contributed by atoms with Gasteiger partial charge in [-0.2, -0.15) is 0 Å². The minimum absolute atomic E-state index is 0.115. The highest BCUT2D eigenvalue weighted by atomic mass is 19.1. The first-order valence-electron chi connectivity index (χ1n) is 12.2. The number of allylic oxidation sites excluding steroid dienone is 3. The molecular formula is C29H31FN2O3. The van der Waals surface area contributed by atoms with Crippen molar-refractivity contribution in [3.05, 3.63) is 88.5 Å². The standard InChI is InChI=1S/C29H31FN2O3/c1-18-22(6-4-9-25(18)30)16-32-17-29(14-15-29)24-8-5-7-23(26(24)32)27(33)31-19(2)20-10-12-21(13-11-20)28(34)35-3/h4-13,18-19,25H,14-17H2,1-3H3,(H,31,33)/t18?,19-,25?/m0/s1. The first-order valence-corrected chi connectivity index (χ1v) is 12.2. The second kappa shape index (κ2) is 8.99. The SMILES string of the molecule is COC(=O)c1ccc([C@H](C)NC(=O)c2cccc3c2N(CC2=CC=CC(F)C2C)CC32CC2)cc1. The predicted octanol–water partition coefficient (Wildman–Crippen LogP) is 5.29. The number of halogens is 1. The van der Waals surface area contributed by atoms with Crippen molar-refractivity contribution in [2.45, 2.75) is 44.3 Å². The van der Waals surface area contributed by atoms with Crippen LogP contribution in [0, 0.1) is 5.92 Å². The van der Waals surface area contributed by atoms with Crippen LogP contribution in [0.4, 0.5) is 10.1 Å². The number of esters is 1. The maximum absolute atomic E-state index is 14.3. The molecular weight excluding hydrogens is 443 g/mol. The van der Waals surface area contributed by atoms with Crippen molar-refractivity contribution >= 4 is 17.6 Å². The van der Waals surface area contributed by atoms with Crippen LogP contribution in [-0.2, 0) is 10.2 Å². The highest BCUT2D eigenvalue weighted by molar-refractivity contribution is 6.02. The molecule has 2 aliphatic carbocycles. The second-order valence-electron chi connectivity index (χ2n) is 10.0. The van der Waals surface area contributed by atoms with Crippen LogP contribution in [0.15, 0.2) is 66.3 Å². The summed E-state index contributed by atoms with van der Waals surface area (Å²) in [6.07, 6.45) is 6.68. The summed E-state index contributed by atoms with van der Waals surface area (Å²) in [7, 11) is 1.35. The van der Waals surface area contributed by atoms with E-state index in [1.807, 2.05) is 44.2 Å². The lowest BCUT2D eigenvalue weighted by Gasteiger charge is -2.28. The molecule has 6 heteroatoms. The van der Waals surface area contributed by atoms with Crippen LogP contribution in [0.25, 0.3) is 0 Å². The van der Waals surface area contributed by atoms with Gasteiger partial charge in [-0.25, -0.2) is 9.18 Å². The number of carbonyl (C=O) groups is 2. The summed E-state index contributed by atoms with van der Waals surface area (Å²) in [5.74, 6) is -0.699. The van der Waals surface area contributed by atoms with Crippen molar-refractivity contribution in [1.82, 2.24) is 5.32 Å². The van der Waals surface area contributed by atoms with E-state index in [-0.39, 0.29) is 29.3 Å². The minimum Gasteiger partial charge on any atom is -0.465 e. The number of benzene rings is 2. The number of anilines is 1. The number of alkyl halides is 1. The molecule has 3 aliphatic rings. The maximum atomic E-state index is 14.3. The predicted molar refractivity (Wildman–Crippen MR) is 135 cm³/mol. The Labute approximate surface area is 205 Å². The highest BCUT2D eigenvalue weighted by Gasteiger charge is 2.52. The van der Waals surface area contributed by atoms with E-state index < -0.39 is 6.17 Å².